The predicted molar refractivity (Wildman–Crippen MR) is 151 cm³/mol. The third kappa shape index (κ3) is 9.00. The van der Waals surface area contributed by atoms with Crippen LogP contribution in [0.2, 0.25) is 0 Å². The molecule has 2 aromatic rings. The Hall–Kier alpha value is -2.10. The van der Waals surface area contributed by atoms with Gasteiger partial charge in [0.05, 0.1) is 13.2 Å². The van der Waals surface area contributed by atoms with Crippen molar-refractivity contribution in [2.45, 2.75) is 123 Å². The van der Waals surface area contributed by atoms with E-state index in [0.29, 0.717) is 48.7 Å². The van der Waals surface area contributed by atoms with E-state index < -0.39 is 0 Å². The molecule has 0 saturated carbocycles. The number of hydrogen-bond donors (Lipinski definition) is 0. The molecule has 0 spiro atoms. The molecular weight excluding hydrogens is 466 g/mol. The molecule has 4 heteroatoms. The topological polar surface area (TPSA) is 18.5 Å². The molecule has 206 valence electrons. The highest BCUT2D eigenvalue weighted by molar-refractivity contribution is 5.75. The van der Waals surface area contributed by atoms with Gasteiger partial charge in [0.15, 0.2) is 23.1 Å². The molecule has 0 heterocycles. The quantitative estimate of drug-likeness (QED) is 0.174. The van der Waals surface area contributed by atoms with Gasteiger partial charge >= 0.3 is 0 Å². The van der Waals surface area contributed by atoms with Crippen LogP contribution in [0, 0.1) is 11.6 Å². The fourth-order valence-corrected chi connectivity index (χ4v) is 5.33. The molecular formula is C33H48F2O2. The van der Waals surface area contributed by atoms with Crippen LogP contribution in [0.4, 0.5) is 8.78 Å². The summed E-state index contributed by atoms with van der Waals surface area (Å²) >= 11 is 0. The lowest BCUT2D eigenvalue weighted by atomic mass is 9.84. The van der Waals surface area contributed by atoms with Crippen molar-refractivity contribution in [3.05, 3.63) is 47.0 Å². The summed E-state index contributed by atoms with van der Waals surface area (Å²) in [5, 5.41) is 0. The fraction of sp³-hybridized carbons (Fsp3) is 0.636. The maximum absolute atomic E-state index is 15.3. The molecule has 0 saturated heterocycles. The molecule has 0 amide bonds. The molecule has 1 aliphatic rings. The first-order valence-electron chi connectivity index (χ1n) is 15.1. The van der Waals surface area contributed by atoms with Crippen LogP contribution < -0.4 is 9.47 Å². The van der Waals surface area contributed by atoms with Gasteiger partial charge in [-0.15, -0.1) is 0 Å². The average molecular weight is 515 g/mol. The molecule has 0 radical (unpaired) electrons. The van der Waals surface area contributed by atoms with Gasteiger partial charge in [-0.3, -0.25) is 0 Å². The van der Waals surface area contributed by atoms with Gasteiger partial charge in [0.1, 0.15) is 0 Å². The highest BCUT2D eigenvalue weighted by Gasteiger charge is 2.25. The second-order valence-corrected chi connectivity index (χ2v) is 10.6. The zero-order valence-electron chi connectivity index (χ0n) is 23.3. The van der Waals surface area contributed by atoms with Crippen molar-refractivity contribution in [3.8, 4) is 22.6 Å². The molecule has 0 N–H and O–H groups in total. The summed E-state index contributed by atoms with van der Waals surface area (Å²) in [5.74, 6) is 0.0585. The average Bonchev–Trinajstić information content (AvgIpc) is 2.91. The van der Waals surface area contributed by atoms with Crippen molar-refractivity contribution in [2.75, 3.05) is 13.2 Å². The highest BCUT2D eigenvalue weighted by atomic mass is 19.1. The molecule has 1 aliphatic carbocycles. The number of halogens is 2. The lowest BCUT2D eigenvalue weighted by Gasteiger charge is -2.23. The Morgan fingerprint density at radius 2 is 0.865 bits per heavy atom. The van der Waals surface area contributed by atoms with Crippen molar-refractivity contribution in [2.24, 2.45) is 0 Å². The number of unbranched alkanes of at least 4 members (excludes halogenated alkanes) is 13. The van der Waals surface area contributed by atoms with Crippen molar-refractivity contribution < 1.29 is 18.3 Å². The summed E-state index contributed by atoms with van der Waals surface area (Å²) in [6.45, 7) is 5.53. The lowest BCUT2D eigenvalue weighted by Crippen LogP contribution is -2.11. The van der Waals surface area contributed by atoms with E-state index in [4.69, 9.17) is 9.47 Å². The SMILES string of the molecule is CCCCCCCCCCOc1ccc2c(c1F)CCc1c-2ccc(OCCCCCCCCC)c1F. The van der Waals surface area contributed by atoms with Crippen LogP contribution in [0.15, 0.2) is 24.3 Å². The molecule has 0 bridgehead atoms. The Morgan fingerprint density at radius 3 is 1.24 bits per heavy atom. The molecule has 0 unspecified atom stereocenters. The van der Waals surface area contributed by atoms with Crippen molar-refractivity contribution in [1.29, 1.82) is 0 Å². The standard InChI is InChI=1S/C33H48F2O2/c1-3-5-7-9-11-13-15-17-25-37-31-23-21-27-26-20-22-30(36-24-16-14-12-10-8-6-4-2)32(34)28(26)18-19-29(27)33(31)35/h20-23H,3-19,24-25H2,1-2H3. The minimum atomic E-state index is -0.290. The fourth-order valence-electron chi connectivity index (χ4n) is 5.33. The van der Waals surface area contributed by atoms with E-state index in [1.807, 2.05) is 12.1 Å². The Kier molecular flexibility index (Phi) is 13.3. The largest absolute Gasteiger partial charge is 0.491 e. The van der Waals surface area contributed by atoms with Gasteiger partial charge in [-0.25, -0.2) is 8.78 Å². The Bertz CT molecular complexity index is 940. The van der Waals surface area contributed by atoms with E-state index >= 15 is 8.78 Å². The van der Waals surface area contributed by atoms with E-state index in [1.54, 1.807) is 12.1 Å². The van der Waals surface area contributed by atoms with E-state index in [0.717, 1.165) is 36.8 Å². The first-order chi connectivity index (χ1) is 18.2. The lowest BCUT2D eigenvalue weighted by molar-refractivity contribution is 0.288. The second-order valence-electron chi connectivity index (χ2n) is 10.6. The van der Waals surface area contributed by atoms with Gasteiger partial charge in [0.2, 0.25) is 0 Å². The Labute approximate surface area is 224 Å². The smallest absolute Gasteiger partial charge is 0.168 e. The minimum absolute atomic E-state index is 0.289. The number of hydrogen-bond acceptors (Lipinski definition) is 2. The summed E-state index contributed by atoms with van der Waals surface area (Å²) in [4.78, 5) is 0. The van der Waals surface area contributed by atoms with Crippen LogP contribution in [-0.2, 0) is 12.8 Å². The number of fused-ring (bicyclic) bond motifs is 3. The van der Waals surface area contributed by atoms with Crippen molar-refractivity contribution >= 4 is 0 Å². The molecule has 2 nitrogen and oxygen atoms in total. The maximum Gasteiger partial charge on any atom is 0.168 e. The summed E-state index contributed by atoms with van der Waals surface area (Å²) in [5.41, 5.74) is 2.82. The zero-order chi connectivity index (χ0) is 26.3. The summed E-state index contributed by atoms with van der Waals surface area (Å²) in [6, 6.07) is 7.18. The number of ether oxygens (including phenoxy) is 2. The molecule has 0 aliphatic heterocycles. The predicted octanol–water partition coefficient (Wildman–Crippen LogP) is 10.4. The molecule has 37 heavy (non-hydrogen) atoms. The van der Waals surface area contributed by atoms with E-state index in [-0.39, 0.29) is 11.6 Å². The van der Waals surface area contributed by atoms with Gasteiger partial charge in [0.25, 0.3) is 0 Å². The molecule has 0 fully saturated rings. The highest BCUT2D eigenvalue weighted by Crippen LogP contribution is 2.40. The van der Waals surface area contributed by atoms with Gasteiger partial charge in [-0.05, 0) is 60.1 Å². The molecule has 0 atom stereocenters. The Balaban J connectivity index is 1.48. The monoisotopic (exact) mass is 514 g/mol. The third-order valence-electron chi connectivity index (χ3n) is 7.59. The number of benzene rings is 2. The summed E-state index contributed by atoms with van der Waals surface area (Å²) < 4.78 is 42.1. The molecule has 3 rings (SSSR count). The summed E-state index contributed by atoms with van der Waals surface area (Å²) in [6.07, 6.45) is 19.1. The second kappa shape index (κ2) is 16.7. The van der Waals surface area contributed by atoms with Crippen LogP contribution >= 0.6 is 0 Å². The zero-order valence-corrected chi connectivity index (χ0v) is 23.3. The first-order valence-corrected chi connectivity index (χ1v) is 15.1. The number of rotatable bonds is 19. The summed E-state index contributed by atoms with van der Waals surface area (Å²) in [7, 11) is 0. The van der Waals surface area contributed by atoms with Crippen molar-refractivity contribution in [1.82, 2.24) is 0 Å². The first kappa shape index (κ1) is 29.5. The molecule has 0 aromatic heterocycles. The maximum atomic E-state index is 15.3. The van der Waals surface area contributed by atoms with Crippen LogP contribution in [-0.4, -0.2) is 13.2 Å². The van der Waals surface area contributed by atoms with Crippen LogP contribution in [0.1, 0.15) is 121 Å². The van der Waals surface area contributed by atoms with Gasteiger partial charge < -0.3 is 9.47 Å². The van der Waals surface area contributed by atoms with E-state index in [1.165, 1.54) is 70.6 Å². The van der Waals surface area contributed by atoms with Crippen LogP contribution in [0.25, 0.3) is 11.1 Å². The molecule has 2 aromatic carbocycles. The third-order valence-corrected chi connectivity index (χ3v) is 7.59. The normalized spacial score (nSPS) is 12.3. The van der Waals surface area contributed by atoms with Crippen LogP contribution in [0.5, 0.6) is 11.5 Å². The van der Waals surface area contributed by atoms with E-state index in [9.17, 15) is 0 Å². The van der Waals surface area contributed by atoms with E-state index in [2.05, 4.69) is 13.8 Å². The van der Waals surface area contributed by atoms with Gasteiger partial charge in [-0.1, -0.05) is 109 Å². The van der Waals surface area contributed by atoms with Crippen LogP contribution in [0.3, 0.4) is 0 Å². The van der Waals surface area contributed by atoms with Crippen molar-refractivity contribution in [3.63, 3.8) is 0 Å². The van der Waals surface area contributed by atoms with Gasteiger partial charge in [-0.2, -0.15) is 0 Å². The minimum Gasteiger partial charge on any atom is -0.491 e. The Morgan fingerprint density at radius 1 is 0.514 bits per heavy atom. The van der Waals surface area contributed by atoms with Gasteiger partial charge in [0, 0.05) is 0 Å².